The molecule has 1 aliphatic rings. The fraction of sp³-hybridized carbons (Fsp3) is 0.800. The van der Waals surface area contributed by atoms with Gasteiger partial charge in [0.25, 0.3) is 0 Å². The van der Waals surface area contributed by atoms with E-state index in [1.165, 1.54) is 6.92 Å². The van der Waals surface area contributed by atoms with Gasteiger partial charge in [-0.1, -0.05) is 0 Å². The van der Waals surface area contributed by atoms with E-state index >= 15 is 0 Å². The van der Waals surface area contributed by atoms with Crippen LogP contribution in [0.25, 0.3) is 0 Å². The van der Waals surface area contributed by atoms with Gasteiger partial charge in [-0.25, -0.2) is 8.42 Å². The number of hydrogen-bond donors (Lipinski definition) is 1. The van der Waals surface area contributed by atoms with Crippen molar-refractivity contribution in [2.75, 3.05) is 12.9 Å². The van der Waals surface area contributed by atoms with E-state index in [0.29, 0.717) is 0 Å². The monoisotopic (exact) mass is 264 g/mol. The molecule has 1 saturated carbocycles. The van der Waals surface area contributed by atoms with Crippen LogP contribution < -0.4 is 0 Å². The second kappa shape index (κ2) is 5.14. The van der Waals surface area contributed by atoms with Gasteiger partial charge in [0.05, 0.1) is 19.0 Å². The number of sulfone groups is 1. The number of ether oxygens (including phenoxy) is 1. The molecule has 1 rings (SSSR count). The molecule has 3 atom stereocenters. The van der Waals surface area contributed by atoms with Gasteiger partial charge in [0.2, 0.25) is 0 Å². The van der Waals surface area contributed by atoms with Crippen LogP contribution in [-0.2, 0) is 24.2 Å². The smallest absolute Gasteiger partial charge is 0.323 e. The van der Waals surface area contributed by atoms with Crippen molar-refractivity contribution in [3.8, 4) is 0 Å². The van der Waals surface area contributed by atoms with Gasteiger partial charge >= 0.3 is 5.97 Å². The lowest BCUT2D eigenvalue weighted by molar-refractivity contribution is -0.139. The number of carbonyl (C=O) groups is 2. The van der Waals surface area contributed by atoms with Crippen molar-refractivity contribution in [3.63, 3.8) is 0 Å². The standard InChI is InChI=1S/C10H16O6S/c1-6(10(13)16-2)17(14,15)5-7-3-8(11)4-9(7)12/h6-8,11H,3-5H2,1-2H3/t6?,7?,8-/m0/s1. The third-order valence-corrected chi connectivity index (χ3v) is 5.09. The number of methoxy groups -OCH3 is 1. The van der Waals surface area contributed by atoms with Crippen LogP contribution >= 0.6 is 0 Å². The van der Waals surface area contributed by atoms with Gasteiger partial charge in [0.1, 0.15) is 5.78 Å². The van der Waals surface area contributed by atoms with Crippen molar-refractivity contribution in [1.29, 1.82) is 0 Å². The molecule has 0 heterocycles. The quantitative estimate of drug-likeness (QED) is 0.674. The Balaban J connectivity index is 2.73. The highest BCUT2D eigenvalue weighted by molar-refractivity contribution is 7.92. The minimum atomic E-state index is -3.72. The first-order valence-corrected chi connectivity index (χ1v) is 6.99. The Bertz CT molecular complexity index is 413. The molecule has 0 aromatic rings. The molecule has 0 amide bonds. The van der Waals surface area contributed by atoms with E-state index < -0.39 is 38.8 Å². The summed E-state index contributed by atoms with van der Waals surface area (Å²) in [5, 5.41) is 7.97. The lowest BCUT2D eigenvalue weighted by Crippen LogP contribution is -2.33. The first kappa shape index (κ1) is 14.1. The Morgan fingerprint density at radius 1 is 1.59 bits per heavy atom. The van der Waals surface area contributed by atoms with Crippen LogP contribution in [0, 0.1) is 5.92 Å². The highest BCUT2D eigenvalue weighted by Gasteiger charge is 2.38. The van der Waals surface area contributed by atoms with E-state index in [0.717, 1.165) is 7.11 Å². The third kappa shape index (κ3) is 3.26. The average molecular weight is 264 g/mol. The topological polar surface area (TPSA) is 97.7 Å². The van der Waals surface area contributed by atoms with Crippen molar-refractivity contribution < 1.29 is 27.9 Å². The van der Waals surface area contributed by atoms with Crippen molar-refractivity contribution >= 4 is 21.6 Å². The van der Waals surface area contributed by atoms with E-state index in [2.05, 4.69) is 4.74 Å². The minimum Gasteiger partial charge on any atom is -0.468 e. The summed E-state index contributed by atoms with van der Waals surface area (Å²) in [6.45, 7) is 1.23. The van der Waals surface area contributed by atoms with Crippen LogP contribution in [0.5, 0.6) is 0 Å². The van der Waals surface area contributed by atoms with E-state index in [-0.39, 0.29) is 18.6 Å². The molecular weight excluding hydrogens is 248 g/mol. The first-order chi connectivity index (χ1) is 7.77. The molecule has 0 spiro atoms. The van der Waals surface area contributed by atoms with Crippen LogP contribution in [0.4, 0.5) is 0 Å². The summed E-state index contributed by atoms with van der Waals surface area (Å²) in [6.07, 6.45) is -0.630. The van der Waals surface area contributed by atoms with Gasteiger partial charge in [-0.2, -0.15) is 0 Å². The predicted octanol–water partition coefficient (Wildman–Crippen LogP) is -0.697. The van der Waals surface area contributed by atoms with Crippen molar-refractivity contribution in [1.82, 2.24) is 0 Å². The summed E-state index contributed by atoms with van der Waals surface area (Å²) in [5.74, 6) is -2.21. The summed E-state index contributed by atoms with van der Waals surface area (Å²) < 4.78 is 28.0. The van der Waals surface area contributed by atoms with E-state index in [4.69, 9.17) is 0 Å². The zero-order chi connectivity index (χ0) is 13.2. The summed E-state index contributed by atoms with van der Waals surface area (Å²) in [5.41, 5.74) is 0. The van der Waals surface area contributed by atoms with Crippen molar-refractivity contribution in [3.05, 3.63) is 0 Å². The number of aliphatic hydroxyl groups is 1. The van der Waals surface area contributed by atoms with Gasteiger partial charge in [0, 0.05) is 12.3 Å². The Morgan fingerprint density at radius 2 is 2.18 bits per heavy atom. The fourth-order valence-corrected chi connectivity index (χ4v) is 3.40. The lowest BCUT2D eigenvalue weighted by atomic mass is 10.1. The molecule has 0 saturated heterocycles. The summed E-state index contributed by atoms with van der Waals surface area (Å²) in [4.78, 5) is 22.5. The number of Topliss-reactive ketones (excluding diaryl/α,β-unsaturated/α-hetero) is 1. The van der Waals surface area contributed by atoms with Crippen LogP contribution in [0.2, 0.25) is 0 Å². The number of aliphatic hydroxyl groups excluding tert-OH is 1. The molecule has 0 aromatic heterocycles. The fourth-order valence-electron chi connectivity index (χ4n) is 1.84. The molecule has 17 heavy (non-hydrogen) atoms. The first-order valence-electron chi connectivity index (χ1n) is 5.28. The van der Waals surface area contributed by atoms with Crippen molar-refractivity contribution in [2.24, 2.45) is 5.92 Å². The number of hydrogen-bond acceptors (Lipinski definition) is 6. The third-order valence-electron chi connectivity index (χ3n) is 2.95. The van der Waals surface area contributed by atoms with Gasteiger partial charge < -0.3 is 9.84 Å². The van der Waals surface area contributed by atoms with Gasteiger partial charge in [-0.15, -0.1) is 0 Å². The molecule has 6 nitrogen and oxygen atoms in total. The van der Waals surface area contributed by atoms with E-state index in [1.807, 2.05) is 0 Å². The Morgan fingerprint density at radius 3 is 2.59 bits per heavy atom. The molecule has 0 aromatic carbocycles. The molecule has 1 aliphatic carbocycles. The van der Waals surface area contributed by atoms with Crippen LogP contribution in [0.1, 0.15) is 19.8 Å². The number of ketones is 1. The molecule has 2 unspecified atom stereocenters. The Kier molecular flexibility index (Phi) is 4.26. The summed E-state index contributed by atoms with van der Waals surface area (Å²) in [7, 11) is -2.61. The normalized spacial score (nSPS) is 26.9. The Hall–Kier alpha value is -0.950. The highest BCUT2D eigenvalue weighted by atomic mass is 32.2. The maximum atomic E-state index is 11.8. The SMILES string of the molecule is COC(=O)C(C)S(=O)(=O)CC1C[C@H](O)CC1=O. The second-order valence-corrected chi connectivity index (χ2v) is 6.62. The summed E-state index contributed by atoms with van der Waals surface area (Å²) in [6, 6.07) is 0. The molecule has 1 fully saturated rings. The molecule has 0 bridgehead atoms. The molecule has 0 aliphatic heterocycles. The minimum absolute atomic E-state index is 0.00715. The molecule has 0 radical (unpaired) electrons. The molecule has 1 N–H and O–H groups in total. The van der Waals surface area contributed by atoms with Gasteiger partial charge in [0.15, 0.2) is 15.1 Å². The average Bonchev–Trinajstić information content (AvgIpc) is 2.54. The molecule has 7 heteroatoms. The van der Waals surface area contributed by atoms with E-state index in [1.54, 1.807) is 0 Å². The lowest BCUT2D eigenvalue weighted by Gasteiger charge is -2.13. The summed E-state index contributed by atoms with van der Waals surface area (Å²) >= 11 is 0. The maximum Gasteiger partial charge on any atom is 0.323 e. The Labute approximate surface area is 99.9 Å². The zero-order valence-electron chi connectivity index (χ0n) is 9.75. The highest BCUT2D eigenvalue weighted by Crippen LogP contribution is 2.24. The number of rotatable bonds is 4. The molecule has 98 valence electrons. The largest absolute Gasteiger partial charge is 0.468 e. The van der Waals surface area contributed by atoms with Gasteiger partial charge in [-0.05, 0) is 13.3 Å². The number of esters is 1. The van der Waals surface area contributed by atoms with Crippen LogP contribution in [-0.4, -0.2) is 49.5 Å². The zero-order valence-corrected chi connectivity index (χ0v) is 10.6. The van der Waals surface area contributed by atoms with E-state index in [9.17, 15) is 23.1 Å². The second-order valence-electron chi connectivity index (χ2n) is 4.25. The maximum absolute atomic E-state index is 11.8. The molecular formula is C10H16O6S. The predicted molar refractivity (Wildman–Crippen MR) is 59.0 cm³/mol. The van der Waals surface area contributed by atoms with Crippen LogP contribution in [0.15, 0.2) is 0 Å². The van der Waals surface area contributed by atoms with Crippen molar-refractivity contribution in [2.45, 2.75) is 31.1 Å². The van der Waals surface area contributed by atoms with Gasteiger partial charge in [-0.3, -0.25) is 9.59 Å². The number of carbonyl (C=O) groups excluding carboxylic acids is 2. The van der Waals surface area contributed by atoms with Crippen LogP contribution in [0.3, 0.4) is 0 Å².